The van der Waals surface area contributed by atoms with Crippen LogP contribution in [0.1, 0.15) is 17.4 Å². The van der Waals surface area contributed by atoms with E-state index in [9.17, 15) is 5.11 Å². The molecule has 0 spiro atoms. The first kappa shape index (κ1) is 21.8. The van der Waals surface area contributed by atoms with Crippen LogP contribution in [0.3, 0.4) is 0 Å². The van der Waals surface area contributed by atoms with E-state index in [2.05, 4.69) is 50.2 Å². The fourth-order valence-electron chi connectivity index (χ4n) is 3.48. The molecule has 5 rings (SSSR count). The van der Waals surface area contributed by atoms with Gasteiger partial charge in [0, 0.05) is 22.6 Å². The van der Waals surface area contributed by atoms with E-state index in [1.807, 2.05) is 48.5 Å². The number of ether oxygens (including phenoxy) is 2. The number of benzene rings is 3. The molecule has 1 atom stereocenters. The van der Waals surface area contributed by atoms with Gasteiger partial charge in [0.2, 0.25) is 11.0 Å². The minimum absolute atomic E-state index is 0.0971. The van der Waals surface area contributed by atoms with Crippen LogP contribution in [0.4, 0.5) is 5.69 Å². The Morgan fingerprint density at radius 1 is 1.09 bits per heavy atom. The summed E-state index contributed by atoms with van der Waals surface area (Å²) in [5.74, 6) is 1.59. The molecule has 0 radical (unpaired) electrons. The molecule has 2 heterocycles. The number of methoxy groups -OCH3 is 1. The second-order valence-corrected chi connectivity index (χ2v) is 9.37. The van der Waals surface area contributed by atoms with Crippen molar-refractivity contribution in [2.24, 2.45) is 0 Å². The summed E-state index contributed by atoms with van der Waals surface area (Å²) < 4.78 is 12.3. The second-order valence-electron chi connectivity index (χ2n) is 7.26. The summed E-state index contributed by atoms with van der Waals surface area (Å²) in [6.07, 6.45) is -0.570. The van der Waals surface area contributed by atoms with E-state index in [1.165, 1.54) is 24.4 Å². The molecule has 1 aromatic heterocycles. The molecule has 0 amide bonds. The molecule has 9 heteroatoms. The number of phenols is 1. The first-order valence-corrected chi connectivity index (χ1v) is 12.2. The summed E-state index contributed by atoms with van der Waals surface area (Å²) in [5, 5.41) is 23.0. The smallest absolute Gasteiger partial charge is 0.247 e. The molecule has 1 unspecified atom stereocenters. The van der Waals surface area contributed by atoms with E-state index in [-0.39, 0.29) is 5.75 Å². The van der Waals surface area contributed by atoms with Crippen molar-refractivity contribution in [3.05, 3.63) is 81.4 Å². The number of fused-ring (bicyclic) bond motifs is 3. The van der Waals surface area contributed by atoms with Gasteiger partial charge >= 0.3 is 0 Å². The van der Waals surface area contributed by atoms with Gasteiger partial charge in [0.15, 0.2) is 23.4 Å². The normalized spacial score (nSPS) is 14.3. The summed E-state index contributed by atoms with van der Waals surface area (Å²) in [6, 6.07) is 21.6. The Hall–Kier alpha value is -3.05. The molecular weight excluding hydrogens is 551 g/mol. The Balaban J connectivity index is 1.52. The van der Waals surface area contributed by atoms with Gasteiger partial charge in [-0.15, -0.1) is 10.2 Å². The van der Waals surface area contributed by atoms with E-state index in [4.69, 9.17) is 14.5 Å². The highest BCUT2D eigenvalue weighted by atomic mass is 127. The largest absolute Gasteiger partial charge is 0.504 e. The van der Waals surface area contributed by atoms with Crippen LogP contribution in [0.2, 0.25) is 0 Å². The maximum Gasteiger partial charge on any atom is 0.247 e. The molecule has 33 heavy (non-hydrogen) atoms. The number of rotatable bonds is 5. The minimum Gasteiger partial charge on any atom is -0.504 e. The number of nitrogens with one attached hydrogen (secondary N) is 1. The summed E-state index contributed by atoms with van der Waals surface area (Å²) in [7, 11) is 1.52. The van der Waals surface area contributed by atoms with Gasteiger partial charge in [0.25, 0.3) is 0 Å². The maximum absolute atomic E-state index is 10.3. The molecule has 3 aromatic carbocycles. The van der Waals surface area contributed by atoms with E-state index < -0.39 is 6.23 Å². The first-order chi connectivity index (χ1) is 16.1. The highest BCUT2D eigenvalue weighted by Crippen LogP contribution is 2.41. The molecular formula is C24H19IN4O3S. The van der Waals surface area contributed by atoms with Gasteiger partial charge in [0.1, 0.15) is 0 Å². The number of aromatic nitrogens is 3. The lowest BCUT2D eigenvalue weighted by atomic mass is 10.1. The zero-order valence-electron chi connectivity index (χ0n) is 17.5. The van der Waals surface area contributed by atoms with Gasteiger partial charge in [-0.25, -0.2) is 0 Å². The van der Waals surface area contributed by atoms with Crippen molar-refractivity contribution in [2.75, 3.05) is 12.4 Å². The quantitative estimate of drug-likeness (QED) is 0.235. The lowest BCUT2D eigenvalue weighted by Gasteiger charge is -2.20. The maximum atomic E-state index is 10.3. The predicted octanol–water partition coefficient (Wildman–Crippen LogP) is 5.65. The van der Waals surface area contributed by atoms with E-state index >= 15 is 0 Å². The number of hydrogen-bond acceptors (Lipinski definition) is 8. The SMILES string of the molecule is COc1cc(C2Nc3ccccc3-c3nnc(SCc4ccccc4)nc3O2)cc(I)c1O. The summed E-state index contributed by atoms with van der Waals surface area (Å²) in [6.45, 7) is 0. The number of anilines is 1. The fraction of sp³-hybridized carbons (Fsp3) is 0.125. The number of phenolic OH excluding ortho intramolecular Hbond substituents is 1. The number of para-hydroxylation sites is 1. The Kier molecular flexibility index (Phi) is 6.23. The fourth-order valence-corrected chi connectivity index (χ4v) is 4.84. The third kappa shape index (κ3) is 4.55. The van der Waals surface area contributed by atoms with Crippen molar-refractivity contribution in [3.63, 3.8) is 0 Å². The molecule has 1 aliphatic rings. The monoisotopic (exact) mass is 570 g/mol. The highest BCUT2D eigenvalue weighted by molar-refractivity contribution is 14.1. The average molecular weight is 570 g/mol. The molecule has 0 saturated carbocycles. The third-order valence-electron chi connectivity index (χ3n) is 5.12. The molecule has 7 nitrogen and oxygen atoms in total. The second kappa shape index (κ2) is 9.44. The van der Waals surface area contributed by atoms with Gasteiger partial charge in [-0.1, -0.05) is 60.3 Å². The number of halogens is 1. The Bertz CT molecular complexity index is 1310. The van der Waals surface area contributed by atoms with Crippen LogP contribution in [0.15, 0.2) is 71.9 Å². The van der Waals surface area contributed by atoms with Gasteiger partial charge < -0.3 is 19.9 Å². The molecule has 1 aliphatic heterocycles. The zero-order chi connectivity index (χ0) is 22.8. The van der Waals surface area contributed by atoms with Gasteiger partial charge in [-0.05, 0) is 46.4 Å². The average Bonchev–Trinajstić information content (AvgIpc) is 3.01. The van der Waals surface area contributed by atoms with E-state index in [0.29, 0.717) is 26.1 Å². The van der Waals surface area contributed by atoms with Gasteiger partial charge in [-0.3, -0.25) is 0 Å². The topological polar surface area (TPSA) is 89.4 Å². The minimum atomic E-state index is -0.570. The first-order valence-electron chi connectivity index (χ1n) is 10.1. The van der Waals surface area contributed by atoms with Crippen LogP contribution < -0.4 is 14.8 Å². The number of nitrogens with zero attached hydrogens (tertiary/aromatic N) is 3. The van der Waals surface area contributed by atoms with Crippen molar-refractivity contribution in [1.82, 2.24) is 15.2 Å². The Morgan fingerprint density at radius 3 is 2.70 bits per heavy atom. The standard InChI is InChI=1S/C24H19IN4O3S/c1-31-19-12-15(11-17(25)21(19)30)22-26-18-10-6-5-9-16(18)20-23(32-22)27-24(29-28-20)33-13-14-7-3-2-4-8-14/h2-12,22,26,30H,13H2,1H3. The van der Waals surface area contributed by atoms with Crippen LogP contribution in [0.5, 0.6) is 17.4 Å². The van der Waals surface area contributed by atoms with Crippen LogP contribution >= 0.6 is 34.4 Å². The highest BCUT2D eigenvalue weighted by Gasteiger charge is 2.27. The predicted molar refractivity (Wildman–Crippen MR) is 136 cm³/mol. The van der Waals surface area contributed by atoms with Gasteiger partial charge in [0.05, 0.1) is 10.7 Å². The van der Waals surface area contributed by atoms with Crippen LogP contribution in [0.25, 0.3) is 11.3 Å². The molecule has 0 saturated heterocycles. The number of hydrogen-bond donors (Lipinski definition) is 2. The van der Waals surface area contributed by atoms with Crippen molar-refractivity contribution in [3.8, 4) is 28.6 Å². The van der Waals surface area contributed by atoms with E-state index in [0.717, 1.165) is 22.6 Å². The Morgan fingerprint density at radius 2 is 1.88 bits per heavy atom. The summed E-state index contributed by atoms with van der Waals surface area (Å²) >= 11 is 3.57. The van der Waals surface area contributed by atoms with Crippen LogP contribution in [-0.4, -0.2) is 27.4 Å². The van der Waals surface area contributed by atoms with Gasteiger partial charge in [-0.2, -0.15) is 4.98 Å². The third-order valence-corrected chi connectivity index (χ3v) is 6.85. The lowest BCUT2D eigenvalue weighted by molar-refractivity contribution is 0.224. The van der Waals surface area contributed by atoms with Crippen molar-refractivity contribution in [1.29, 1.82) is 0 Å². The number of thioether (sulfide) groups is 1. The van der Waals surface area contributed by atoms with Crippen molar-refractivity contribution < 1.29 is 14.6 Å². The molecule has 166 valence electrons. The van der Waals surface area contributed by atoms with Crippen molar-refractivity contribution >= 4 is 40.0 Å². The summed E-state index contributed by atoms with van der Waals surface area (Å²) in [5.41, 5.74) is 4.25. The summed E-state index contributed by atoms with van der Waals surface area (Å²) in [4.78, 5) is 4.69. The van der Waals surface area contributed by atoms with Crippen molar-refractivity contribution in [2.45, 2.75) is 17.1 Å². The lowest BCUT2D eigenvalue weighted by Crippen LogP contribution is -2.17. The van der Waals surface area contributed by atoms with Crippen LogP contribution in [-0.2, 0) is 5.75 Å². The molecule has 2 N–H and O–H groups in total. The molecule has 4 aromatic rings. The number of aromatic hydroxyl groups is 1. The Labute approximate surface area is 208 Å². The molecule has 0 fully saturated rings. The van der Waals surface area contributed by atoms with E-state index in [1.54, 1.807) is 6.07 Å². The van der Waals surface area contributed by atoms with Crippen LogP contribution in [0, 0.1) is 3.57 Å². The molecule has 0 aliphatic carbocycles. The zero-order valence-corrected chi connectivity index (χ0v) is 20.5. The molecule has 0 bridgehead atoms.